The topological polar surface area (TPSA) is 21.3 Å². The Hall–Kier alpha value is -0.930. The Labute approximate surface area is 95.8 Å². The third-order valence-corrected chi connectivity index (χ3v) is 3.24. The first-order chi connectivity index (χ1) is 7.70. The van der Waals surface area contributed by atoms with Crippen molar-refractivity contribution >= 4 is 0 Å². The smallest absolute Gasteiger partial charge is 0.123 e. The van der Waals surface area contributed by atoms with E-state index in [1.165, 1.54) is 5.56 Å². The van der Waals surface area contributed by atoms with Crippen molar-refractivity contribution in [1.82, 2.24) is 5.32 Å². The van der Waals surface area contributed by atoms with Gasteiger partial charge in [-0.2, -0.15) is 0 Å². The second-order valence-electron chi connectivity index (χ2n) is 4.39. The number of methoxy groups -OCH3 is 1. The molecule has 1 aliphatic carbocycles. The molecule has 0 fully saturated rings. The zero-order valence-electron chi connectivity index (χ0n) is 9.79. The molecule has 16 heavy (non-hydrogen) atoms. The van der Waals surface area contributed by atoms with E-state index in [0.29, 0.717) is 6.04 Å². The maximum Gasteiger partial charge on any atom is 0.123 e. The largest absolute Gasteiger partial charge is 0.380 e. The molecule has 0 spiro atoms. The highest BCUT2D eigenvalue weighted by Gasteiger charge is 2.22. The van der Waals surface area contributed by atoms with Crippen molar-refractivity contribution in [3.05, 3.63) is 35.1 Å². The van der Waals surface area contributed by atoms with Crippen LogP contribution in [-0.4, -0.2) is 19.8 Å². The third-order valence-electron chi connectivity index (χ3n) is 3.24. The highest BCUT2D eigenvalue weighted by molar-refractivity contribution is 5.34. The monoisotopic (exact) mass is 223 g/mol. The Bertz CT molecular complexity index is 367. The van der Waals surface area contributed by atoms with Gasteiger partial charge >= 0.3 is 0 Å². The van der Waals surface area contributed by atoms with Crippen LogP contribution in [0.2, 0.25) is 0 Å². The summed E-state index contributed by atoms with van der Waals surface area (Å²) in [6.07, 6.45) is 2.23. The first kappa shape index (κ1) is 11.6. The lowest BCUT2D eigenvalue weighted by atomic mass is 10.1. The summed E-state index contributed by atoms with van der Waals surface area (Å²) in [5, 5.41) is 3.46. The third kappa shape index (κ3) is 2.42. The fourth-order valence-electron chi connectivity index (χ4n) is 2.19. The number of halogens is 1. The summed E-state index contributed by atoms with van der Waals surface area (Å²) in [6, 6.07) is 5.44. The van der Waals surface area contributed by atoms with Gasteiger partial charge in [0.15, 0.2) is 0 Å². The van der Waals surface area contributed by atoms with E-state index in [4.69, 9.17) is 4.74 Å². The molecule has 3 heteroatoms. The van der Waals surface area contributed by atoms with Crippen LogP contribution in [0.3, 0.4) is 0 Å². The second-order valence-corrected chi connectivity index (χ2v) is 4.39. The molecule has 2 atom stereocenters. The van der Waals surface area contributed by atoms with Crippen LogP contribution in [0.5, 0.6) is 0 Å². The summed E-state index contributed by atoms with van der Waals surface area (Å²) in [5.41, 5.74) is 2.38. The molecule has 1 aromatic rings. The minimum absolute atomic E-state index is 0.135. The number of fused-ring (bicyclic) bond motifs is 1. The van der Waals surface area contributed by atoms with Crippen molar-refractivity contribution in [2.45, 2.75) is 31.9 Å². The first-order valence-electron chi connectivity index (χ1n) is 5.75. The number of aryl methyl sites for hydroxylation is 1. The van der Waals surface area contributed by atoms with Gasteiger partial charge in [-0.25, -0.2) is 4.39 Å². The van der Waals surface area contributed by atoms with Gasteiger partial charge in [-0.05, 0) is 43.0 Å². The lowest BCUT2D eigenvalue weighted by Gasteiger charge is -2.17. The molecule has 1 N–H and O–H groups in total. The summed E-state index contributed by atoms with van der Waals surface area (Å²) >= 11 is 0. The number of benzene rings is 1. The van der Waals surface area contributed by atoms with Gasteiger partial charge < -0.3 is 10.1 Å². The van der Waals surface area contributed by atoms with E-state index in [0.717, 1.165) is 24.9 Å². The number of ether oxygens (including phenoxy) is 1. The van der Waals surface area contributed by atoms with Crippen molar-refractivity contribution < 1.29 is 9.13 Å². The van der Waals surface area contributed by atoms with Crippen LogP contribution >= 0.6 is 0 Å². The van der Waals surface area contributed by atoms with Gasteiger partial charge in [0.05, 0.1) is 6.10 Å². The Balaban J connectivity index is 2.01. The average molecular weight is 223 g/mol. The molecule has 2 unspecified atom stereocenters. The predicted molar refractivity (Wildman–Crippen MR) is 61.9 cm³/mol. The normalized spacial score (nSPS) is 20.8. The lowest BCUT2D eigenvalue weighted by Crippen LogP contribution is -2.28. The van der Waals surface area contributed by atoms with Gasteiger partial charge in [-0.1, -0.05) is 6.07 Å². The molecular formula is C13H18FNO. The van der Waals surface area contributed by atoms with E-state index < -0.39 is 0 Å². The first-order valence-corrected chi connectivity index (χ1v) is 5.75. The van der Waals surface area contributed by atoms with Gasteiger partial charge in [0.1, 0.15) is 5.82 Å². The van der Waals surface area contributed by atoms with E-state index in [1.54, 1.807) is 19.2 Å². The van der Waals surface area contributed by atoms with Gasteiger partial charge in [0, 0.05) is 19.7 Å². The minimum Gasteiger partial charge on any atom is -0.380 e. The molecule has 2 nitrogen and oxygen atoms in total. The molecule has 88 valence electrons. The summed E-state index contributed by atoms with van der Waals surface area (Å²) in [7, 11) is 1.71. The molecule has 0 radical (unpaired) electrons. The van der Waals surface area contributed by atoms with E-state index >= 15 is 0 Å². The van der Waals surface area contributed by atoms with Gasteiger partial charge in [0.25, 0.3) is 0 Å². The van der Waals surface area contributed by atoms with Crippen LogP contribution in [0.1, 0.15) is 30.5 Å². The molecule has 0 bridgehead atoms. The van der Waals surface area contributed by atoms with E-state index in [9.17, 15) is 4.39 Å². The maximum atomic E-state index is 13.0. The zero-order chi connectivity index (χ0) is 11.5. The zero-order valence-corrected chi connectivity index (χ0v) is 9.79. The maximum absolute atomic E-state index is 13.0. The van der Waals surface area contributed by atoms with Gasteiger partial charge in [0.2, 0.25) is 0 Å². The SMILES string of the molecule is COC(C)CNC1CCc2cc(F)ccc21. The van der Waals surface area contributed by atoms with Crippen LogP contribution in [-0.2, 0) is 11.2 Å². The van der Waals surface area contributed by atoms with E-state index in [-0.39, 0.29) is 11.9 Å². The summed E-state index contributed by atoms with van der Waals surface area (Å²) < 4.78 is 18.2. The highest BCUT2D eigenvalue weighted by Crippen LogP contribution is 2.31. The fourth-order valence-corrected chi connectivity index (χ4v) is 2.19. The van der Waals surface area contributed by atoms with Crippen LogP contribution in [0.15, 0.2) is 18.2 Å². The molecule has 0 saturated heterocycles. The standard InChI is InChI=1S/C13H18FNO/c1-9(16-2)8-15-13-6-3-10-7-11(14)4-5-12(10)13/h4-5,7,9,13,15H,3,6,8H2,1-2H3. The Morgan fingerprint density at radius 2 is 2.38 bits per heavy atom. The predicted octanol–water partition coefficient (Wildman–Crippen LogP) is 2.44. The van der Waals surface area contributed by atoms with Crippen molar-refractivity contribution in [3.8, 4) is 0 Å². The molecule has 0 aliphatic heterocycles. The van der Waals surface area contributed by atoms with E-state index in [1.807, 2.05) is 13.0 Å². The molecule has 0 aromatic heterocycles. The molecule has 2 rings (SSSR count). The van der Waals surface area contributed by atoms with Gasteiger partial charge in [-0.15, -0.1) is 0 Å². The minimum atomic E-state index is -0.135. The lowest BCUT2D eigenvalue weighted by molar-refractivity contribution is 0.114. The average Bonchev–Trinajstić information content (AvgIpc) is 2.68. The molecule has 0 saturated carbocycles. The van der Waals surface area contributed by atoms with Crippen LogP contribution in [0, 0.1) is 5.82 Å². The Kier molecular flexibility index (Phi) is 3.56. The fraction of sp³-hybridized carbons (Fsp3) is 0.538. The van der Waals surface area contributed by atoms with Crippen LogP contribution < -0.4 is 5.32 Å². The quantitative estimate of drug-likeness (QED) is 0.846. The number of hydrogen-bond donors (Lipinski definition) is 1. The summed E-state index contributed by atoms with van der Waals surface area (Å²) in [4.78, 5) is 0. The van der Waals surface area contributed by atoms with Crippen LogP contribution in [0.25, 0.3) is 0 Å². The number of hydrogen-bond acceptors (Lipinski definition) is 2. The van der Waals surface area contributed by atoms with Crippen molar-refractivity contribution in [2.24, 2.45) is 0 Å². The molecule has 0 amide bonds. The van der Waals surface area contributed by atoms with Crippen molar-refractivity contribution in [2.75, 3.05) is 13.7 Å². The Morgan fingerprint density at radius 3 is 3.12 bits per heavy atom. The number of nitrogens with one attached hydrogen (secondary N) is 1. The van der Waals surface area contributed by atoms with Gasteiger partial charge in [-0.3, -0.25) is 0 Å². The van der Waals surface area contributed by atoms with Crippen molar-refractivity contribution in [3.63, 3.8) is 0 Å². The van der Waals surface area contributed by atoms with E-state index in [2.05, 4.69) is 5.32 Å². The number of rotatable bonds is 4. The molecule has 1 aliphatic rings. The highest BCUT2D eigenvalue weighted by atomic mass is 19.1. The molecule has 1 aromatic carbocycles. The van der Waals surface area contributed by atoms with Crippen LogP contribution in [0.4, 0.5) is 4.39 Å². The van der Waals surface area contributed by atoms with Crippen molar-refractivity contribution in [1.29, 1.82) is 0 Å². The molecule has 0 heterocycles. The summed E-state index contributed by atoms with van der Waals surface area (Å²) in [6.45, 7) is 2.87. The second kappa shape index (κ2) is 4.93. The summed E-state index contributed by atoms with van der Waals surface area (Å²) in [5.74, 6) is -0.135. The Morgan fingerprint density at radius 1 is 1.56 bits per heavy atom. The molecular weight excluding hydrogens is 205 g/mol.